The maximum atomic E-state index is 13.3. The monoisotopic (exact) mass is 575 g/mol. The zero-order chi connectivity index (χ0) is 29.1. The summed E-state index contributed by atoms with van der Waals surface area (Å²) in [4.78, 5) is 5.36. The number of benzene rings is 1. The van der Waals surface area contributed by atoms with Gasteiger partial charge in [0.15, 0.2) is 8.32 Å². The van der Waals surface area contributed by atoms with Gasteiger partial charge in [-0.05, 0) is 92.3 Å². The highest BCUT2D eigenvalue weighted by Crippen LogP contribution is 2.57. The molecule has 0 bridgehead atoms. The number of hydrogen-bond donors (Lipinski definition) is 1. The molecule has 1 N–H and O–H groups in total. The van der Waals surface area contributed by atoms with Gasteiger partial charge in [-0.25, -0.2) is 0 Å². The molecule has 0 radical (unpaired) electrons. The minimum Gasteiger partial charge on any atom is -0.410 e. The third-order valence-electron chi connectivity index (χ3n) is 10.2. The van der Waals surface area contributed by atoms with Crippen molar-refractivity contribution in [2.75, 3.05) is 13.2 Å². The first kappa shape index (κ1) is 29.7. The number of nitrogens with zero attached hydrogens (tertiary/aromatic N) is 1. The predicted molar refractivity (Wildman–Crippen MR) is 153 cm³/mol. The second-order valence-corrected chi connectivity index (χ2v) is 18.7. The van der Waals surface area contributed by atoms with E-state index in [1.54, 1.807) is 0 Å². The van der Waals surface area contributed by atoms with Gasteiger partial charge < -0.3 is 14.3 Å². The van der Waals surface area contributed by atoms with Crippen LogP contribution in [0.3, 0.4) is 0 Å². The van der Waals surface area contributed by atoms with E-state index in [1.807, 2.05) is 0 Å². The van der Waals surface area contributed by atoms with E-state index in [2.05, 4.69) is 40.8 Å². The molecule has 3 aliphatic rings. The number of fused-ring (bicyclic) bond motifs is 1. The van der Waals surface area contributed by atoms with Crippen molar-refractivity contribution in [2.24, 2.45) is 5.41 Å². The number of alkyl halides is 3. The van der Waals surface area contributed by atoms with E-state index in [4.69, 9.17) is 14.1 Å². The molecule has 1 spiro atoms. The molecule has 2 atom stereocenters. The van der Waals surface area contributed by atoms with E-state index in [-0.39, 0.29) is 22.5 Å². The van der Waals surface area contributed by atoms with Crippen LogP contribution in [-0.4, -0.2) is 31.6 Å². The maximum absolute atomic E-state index is 13.3. The minimum atomic E-state index is -4.42. The first-order valence-electron chi connectivity index (χ1n) is 14.8. The second-order valence-electron chi connectivity index (χ2n) is 13.9. The van der Waals surface area contributed by atoms with E-state index in [1.165, 1.54) is 31.4 Å². The minimum absolute atomic E-state index is 0.0450. The summed E-state index contributed by atoms with van der Waals surface area (Å²) < 4.78 is 52.6. The van der Waals surface area contributed by atoms with Gasteiger partial charge in [-0.3, -0.25) is 4.98 Å². The van der Waals surface area contributed by atoms with Crippen LogP contribution in [0.15, 0.2) is 24.3 Å². The summed E-state index contributed by atoms with van der Waals surface area (Å²) in [6.07, 6.45) is 1.52. The zero-order valence-corrected chi connectivity index (χ0v) is 25.8. The van der Waals surface area contributed by atoms with Gasteiger partial charge >= 0.3 is 6.18 Å². The van der Waals surface area contributed by atoms with Crippen molar-refractivity contribution in [2.45, 2.75) is 115 Å². The molecular formula is C32H44F3NO3Si. The number of ether oxygens (including phenoxy) is 1. The number of rotatable bonds is 5. The van der Waals surface area contributed by atoms with Gasteiger partial charge in [0.25, 0.3) is 0 Å². The first-order valence-corrected chi connectivity index (χ1v) is 17.7. The Balaban J connectivity index is 1.64. The van der Waals surface area contributed by atoms with Crippen molar-refractivity contribution in [3.8, 4) is 0 Å². The number of aliphatic hydroxyl groups is 1. The van der Waals surface area contributed by atoms with Crippen molar-refractivity contribution in [3.63, 3.8) is 0 Å². The van der Waals surface area contributed by atoms with Crippen LogP contribution in [0.4, 0.5) is 13.2 Å². The van der Waals surface area contributed by atoms with Crippen molar-refractivity contribution in [3.05, 3.63) is 63.5 Å². The van der Waals surface area contributed by atoms with Crippen molar-refractivity contribution in [1.29, 1.82) is 0 Å². The van der Waals surface area contributed by atoms with E-state index in [9.17, 15) is 18.3 Å². The molecule has 1 aromatic heterocycles. The molecule has 2 aliphatic carbocycles. The van der Waals surface area contributed by atoms with Crippen LogP contribution in [-0.2, 0) is 21.8 Å². The summed E-state index contributed by atoms with van der Waals surface area (Å²) in [5.41, 5.74) is 4.74. The summed E-state index contributed by atoms with van der Waals surface area (Å²) in [6.45, 7) is 14.7. The fraction of sp³-hybridized carbons (Fsp3) is 0.656. The SMILES string of the molecule is Cc1c2c(nc(C3CCOCC3)c1C(O)c1ccc(C(F)(F)F)cc1)CC1(CCC1)CC2O[Si](C)(C)C(C)(C)C. The number of pyridine rings is 1. The number of halogens is 3. The Kier molecular flexibility index (Phi) is 7.82. The molecule has 8 heteroatoms. The fourth-order valence-corrected chi connectivity index (χ4v) is 7.91. The van der Waals surface area contributed by atoms with E-state index >= 15 is 0 Å². The van der Waals surface area contributed by atoms with E-state index < -0.39 is 26.2 Å². The topological polar surface area (TPSA) is 51.6 Å². The molecule has 2 fully saturated rings. The molecule has 2 unspecified atom stereocenters. The van der Waals surface area contributed by atoms with Gasteiger partial charge in [0, 0.05) is 36.0 Å². The van der Waals surface area contributed by atoms with Crippen LogP contribution in [0, 0.1) is 12.3 Å². The fourth-order valence-electron chi connectivity index (χ4n) is 6.64. The summed E-state index contributed by atoms with van der Waals surface area (Å²) in [5.74, 6) is 0.135. The van der Waals surface area contributed by atoms with Gasteiger partial charge in [-0.1, -0.05) is 39.3 Å². The van der Waals surface area contributed by atoms with Gasteiger partial charge in [0.05, 0.1) is 17.4 Å². The van der Waals surface area contributed by atoms with Crippen molar-refractivity contribution < 1.29 is 27.4 Å². The molecule has 4 nitrogen and oxygen atoms in total. The number of aliphatic hydroxyl groups excluding tert-OH is 1. The quantitative estimate of drug-likeness (QED) is 0.363. The van der Waals surface area contributed by atoms with Crippen molar-refractivity contribution in [1.82, 2.24) is 4.98 Å². The summed E-state index contributed by atoms with van der Waals surface area (Å²) in [6, 6.07) is 4.90. The lowest BCUT2D eigenvalue weighted by Crippen LogP contribution is -2.46. The molecule has 2 heterocycles. The predicted octanol–water partition coefficient (Wildman–Crippen LogP) is 8.56. The Bertz CT molecular complexity index is 1230. The number of aromatic nitrogens is 1. The molecule has 1 saturated heterocycles. The standard InChI is InChI=1S/C32H44F3NO3Si/c1-20-26-24(18-31(14-7-15-31)19-25(26)39-40(5,6)30(2,3)4)36-28(21-12-16-38-17-13-21)27(20)29(37)22-8-10-23(11-9-22)32(33,34)35/h8-11,21,25,29,37H,7,12-19H2,1-6H3. The Labute approximate surface area is 237 Å². The third-order valence-corrected chi connectivity index (χ3v) is 14.7. The highest BCUT2D eigenvalue weighted by molar-refractivity contribution is 6.74. The smallest absolute Gasteiger partial charge is 0.410 e. The van der Waals surface area contributed by atoms with Gasteiger partial charge in [0.2, 0.25) is 0 Å². The lowest BCUT2D eigenvalue weighted by molar-refractivity contribution is -0.137. The van der Waals surface area contributed by atoms with E-state index in [0.29, 0.717) is 18.8 Å². The maximum Gasteiger partial charge on any atom is 0.416 e. The lowest BCUT2D eigenvalue weighted by Gasteiger charge is -2.51. The Morgan fingerprint density at radius 3 is 2.23 bits per heavy atom. The highest BCUT2D eigenvalue weighted by atomic mass is 28.4. The summed E-state index contributed by atoms with van der Waals surface area (Å²) in [7, 11) is -2.13. The molecule has 1 aliphatic heterocycles. The summed E-state index contributed by atoms with van der Waals surface area (Å²) >= 11 is 0. The average molecular weight is 576 g/mol. The largest absolute Gasteiger partial charge is 0.416 e. The van der Waals surface area contributed by atoms with Crippen LogP contribution in [0.2, 0.25) is 18.1 Å². The molecule has 40 heavy (non-hydrogen) atoms. The molecule has 220 valence electrons. The number of hydrogen-bond acceptors (Lipinski definition) is 4. The zero-order valence-electron chi connectivity index (χ0n) is 24.8. The normalized spacial score (nSPS) is 22.6. The van der Waals surface area contributed by atoms with E-state index in [0.717, 1.165) is 65.9 Å². The van der Waals surface area contributed by atoms with Crippen molar-refractivity contribution >= 4 is 8.32 Å². The van der Waals surface area contributed by atoms with Crippen LogP contribution in [0.5, 0.6) is 0 Å². The van der Waals surface area contributed by atoms with Crippen LogP contribution >= 0.6 is 0 Å². The highest BCUT2D eigenvalue weighted by Gasteiger charge is 2.49. The molecule has 5 rings (SSSR count). The Hall–Kier alpha value is -1.74. The average Bonchev–Trinajstić information content (AvgIpc) is 2.86. The van der Waals surface area contributed by atoms with Crippen LogP contribution in [0.25, 0.3) is 0 Å². The Morgan fingerprint density at radius 1 is 1.07 bits per heavy atom. The molecule has 0 amide bonds. The summed E-state index contributed by atoms with van der Waals surface area (Å²) in [5, 5.41) is 11.8. The molecule has 2 aromatic rings. The molecular weight excluding hydrogens is 531 g/mol. The lowest BCUT2D eigenvalue weighted by atomic mass is 9.59. The second kappa shape index (κ2) is 10.5. The first-order chi connectivity index (χ1) is 18.6. The van der Waals surface area contributed by atoms with Crippen LogP contribution < -0.4 is 0 Å². The van der Waals surface area contributed by atoms with Gasteiger partial charge in [-0.15, -0.1) is 0 Å². The molecule has 1 aromatic carbocycles. The van der Waals surface area contributed by atoms with Crippen LogP contribution in [0.1, 0.15) is 117 Å². The van der Waals surface area contributed by atoms with Gasteiger partial charge in [-0.2, -0.15) is 13.2 Å². The van der Waals surface area contributed by atoms with Gasteiger partial charge in [0.1, 0.15) is 6.10 Å². The Morgan fingerprint density at radius 2 is 1.70 bits per heavy atom. The third kappa shape index (κ3) is 5.53. The molecule has 1 saturated carbocycles.